The Morgan fingerprint density at radius 2 is 2.00 bits per heavy atom. The van der Waals surface area contributed by atoms with Gasteiger partial charge in [0.15, 0.2) is 0 Å². The van der Waals surface area contributed by atoms with Gasteiger partial charge >= 0.3 is 0 Å². The van der Waals surface area contributed by atoms with E-state index in [9.17, 15) is 0 Å². The predicted octanol–water partition coefficient (Wildman–Crippen LogP) is 2.31. The number of nitrogens with two attached hydrogens (primary N) is 1. The van der Waals surface area contributed by atoms with E-state index >= 15 is 0 Å². The fraction of sp³-hybridized carbons (Fsp3) is 0.571. The number of hydrogen-bond acceptors (Lipinski definition) is 2. The first-order valence-corrected chi connectivity index (χ1v) is 6.34. The Balaban J connectivity index is 1.91. The molecule has 3 unspecified atom stereocenters. The summed E-state index contributed by atoms with van der Waals surface area (Å²) < 4.78 is 0. The molecule has 1 heterocycles. The molecule has 2 heteroatoms. The summed E-state index contributed by atoms with van der Waals surface area (Å²) in [5.74, 6) is 0.844. The van der Waals surface area contributed by atoms with Crippen molar-refractivity contribution in [2.24, 2.45) is 11.7 Å². The fourth-order valence-electron chi connectivity index (χ4n) is 3.52. The van der Waals surface area contributed by atoms with Crippen LogP contribution in [0.25, 0.3) is 0 Å². The Hall–Kier alpha value is -1.02. The number of hydrogen-bond donors (Lipinski definition) is 1. The topological polar surface area (TPSA) is 29.3 Å². The van der Waals surface area contributed by atoms with E-state index in [1.807, 2.05) is 0 Å². The molecule has 1 aromatic carbocycles. The second-order valence-corrected chi connectivity index (χ2v) is 5.27. The van der Waals surface area contributed by atoms with E-state index in [0.717, 1.165) is 18.5 Å². The van der Waals surface area contributed by atoms with Crippen LogP contribution in [-0.4, -0.2) is 18.6 Å². The molecular weight excluding hydrogens is 196 g/mol. The lowest BCUT2D eigenvalue weighted by atomic mass is 9.98. The van der Waals surface area contributed by atoms with Crippen molar-refractivity contribution in [1.82, 2.24) is 0 Å². The number of anilines is 1. The summed E-state index contributed by atoms with van der Waals surface area (Å²) in [4.78, 5) is 2.58. The minimum absolute atomic E-state index is 0.585. The summed E-state index contributed by atoms with van der Waals surface area (Å²) >= 11 is 0. The van der Waals surface area contributed by atoms with Gasteiger partial charge in [0.25, 0.3) is 0 Å². The third-order valence-electron chi connectivity index (χ3n) is 4.31. The van der Waals surface area contributed by atoms with Crippen molar-refractivity contribution >= 4 is 5.69 Å². The first kappa shape index (κ1) is 10.2. The minimum Gasteiger partial charge on any atom is -0.364 e. The van der Waals surface area contributed by atoms with Crippen LogP contribution in [0.5, 0.6) is 0 Å². The van der Waals surface area contributed by atoms with Crippen LogP contribution in [0.3, 0.4) is 0 Å². The Morgan fingerprint density at radius 3 is 2.69 bits per heavy atom. The molecule has 3 rings (SSSR count). The average Bonchev–Trinajstić information content (AvgIpc) is 2.89. The fourth-order valence-corrected chi connectivity index (χ4v) is 3.52. The van der Waals surface area contributed by atoms with E-state index in [-0.39, 0.29) is 0 Å². The molecule has 2 aliphatic rings. The monoisotopic (exact) mass is 216 g/mol. The SMILES string of the molecule is Cc1ccc(N2C3CCC(C3)C2CN)cc1. The lowest BCUT2D eigenvalue weighted by molar-refractivity contribution is 0.435. The molecule has 1 aromatic rings. The Kier molecular flexibility index (Phi) is 2.40. The second-order valence-electron chi connectivity index (χ2n) is 5.27. The summed E-state index contributed by atoms with van der Waals surface area (Å²) in [6.45, 7) is 2.94. The van der Waals surface area contributed by atoms with Gasteiger partial charge in [0.05, 0.1) is 0 Å². The Bertz CT molecular complexity index is 371. The standard InChI is InChI=1S/C14H20N2/c1-10-2-5-12(6-3-10)16-13-7-4-11(8-13)14(16)9-15/h2-3,5-6,11,13-14H,4,7-9,15H2,1H3. The van der Waals surface area contributed by atoms with Gasteiger partial charge in [0, 0.05) is 24.3 Å². The predicted molar refractivity (Wildman–Crippen MR) is 67.6 cm³/mol. The molecule has 0 amide bonds. The number of piperidine rings is 1. The van der Waals surface area contributed by atoms with E-state index in [4.69, 9.17) is 5.73 Å². The third kappa shape index (κ3) is 1.44. The van der Waals surface area contributed by atoms with E-state index in [0.29, 0.717) is 6.04 Å². The molecule has 3 atom stereocenters. The van der Waals surface area contributed by atoms with Crippen molar-refractivity contribution < 1.29 is 0 Å². The summed E-state index contributed by atoms with van der Waals surface area (Å²) in [5.41, 5.74) is 8.64. The molecule has 1 aliphatic heterocycles. The molecule has 86 valence electrons. The third-order valence-corrected chi connectivity index (χ3v) is 4.31. The average molecular weight is 216 g/mol. The van der Waals surface area contributed by atoms with Crippen molar-refractivity contribution in [2.45, 2.75) is 38.3 Å². The Morgan fingerprint density at radius 1 is 1.25 bits per heavy atom. The molecule has 0 aromatic heterocycles. The zero-order valence-corrected chi connectivity index (χ0v) is 9.89. The molecule has 0 spiro atoms. The highest BCUT2D eigenvalue weighted by molar-refractivity contribution is 5.52. The van der Waals surface area contributed by atoms with Gasteiger partial charge in [0.1, 0.15) is 0 Å². The molecular formula is C14H20N2. The first-order valence-electron chi connectivity index (χ1n) is 6.34. The zero-order chi connectivity index (χ0) is 11.1. The van der Waals surface area contributed by atoms with Gasteiger partial charge in [-0.1, -0.05) is 17.7 Å². The highest BCUT2D eigenvalue weighted by atomic mass is 15.2. The van der Waals surface area contributed by atoms with Gasteiger partial charge in [-0.25, -0.2) is 0 Å². The molecule has 1 aliphatic carbocycles. The number of rotatable bonds is 2. The van der Waals surface area contributed by atoms with Gasteiger partial charge in [-0.3, -0.25) is 0 Å². The molecule has 16 heavy (non-hydrogen) atoms. The minimum atomic E-state index is 0.585. The summed E-state index contributed by atoms with van der Waals surface area (Å²) in [5, 5.41) is 0. The Labute approximate surface area is 97.4 Å². The molecule has 1 saturated heterocycles. The van der Waals surface area contributed by atoms with Crippen molar-refractivity contribution in [1.29, 1.82) is 0 Å². The van der Waals surface area contributed by atoms with E-state index in [1.54, 1.807) is 0 Å². The molecule has 2 N–H and O–H groups in total. The highest BCUT2D eigenvalue weighted by Gasteiger charge is 2.44. The van der Waals surface area contributed by atoms with Crippen molar-refractivity contribution in [3.05, 3.63) is 29.8 Å². The maximum atomic E-state index is 5.94. The van der Waals surface area contributed by atoms with Crippen molar-refractivity contribution in [2.75, 3.05) is 11.4 Å². The van der Waals surface area contributed by atoms with Crippen LogP contribution in [0, 0.1) is 12.8 Å². The number of nitrogens with zero attached hydrogens (tertiary/aromatic N) is 1. The van der Waals surface area contributed by atoms with E-state index in [2.05, 4.69) is 36.1 Å². The maximum absolute atomic E-state index is 5.94. The number of benzene rings is 1. The van der Waals surface area contributed by atoms with Crippen LogP contribution in [0.1, 0.15) is 24.8 Å². The number of fused-ring (bicyclic) bond motifs is 2. The van der Waals surface area contributed by atoms with Crippen LogP contribution in [0.15, 0.2) is 24.3 Å². The van der Waals surface area contributed by atoms with Crippen LogP contribution < -0.4 is 10.6 Å². The zero-order valence-electron chi connectivity index (χ0n) is 9.89. The van der Waals surface area contributed by atoms with Crippen LogP contribution in [0.2, 0.25) is 0 Å². The smallest absolute Gasteiger partial charge is 0.0444 e. The second kappa shape index (κ2) is 3.77. The lowest BCUT2D eigenvalue weighted by Crippen LogP contribution is -2.45. The first-order chi connectivity index (χ1) is 7.79. The van der Waals surface area contributed by atoms with Crippen molar-refractivity contribution in [3.8, 4) is 0 Å². The van der Waals surface area contributed by atoms with Gasteiger partial charge < -0.3 is 10.6 Å². The summed E-state index contributed by atoms with van der Waals surface area (Å²) in [6, 6.07) is 10.2. The van der Waals surface area contributed by atoms with Gasteiger partial charge in [-0.2, -0.15) is 0 Å². The van der Waals surface area contributed by atoms with Crippen LogP contribution in [0.4, 0.5) is 5.69 Å². The molecule has 1 saturated carbocycles. The van der Waals surface area contributed by atoms with Gasteiger partial charge in [-0.15, -0.1) is 0 Å². The van der Waals surface area contributed by atoms with Gasteiger partial charge in [0.2, 0.25) is 0 Å². The summed E-state index contributed by atoms with van der Waals surface area (Å²) in [7, 11) is 0. The number of aryl methyl sites for hydroxylation is 1. The molecule has 2 nitrogen and oxygen atoms in total. The molecule has 0 radical (unpaired) electrons. The van der Waals surface area contributed by atoms with Crippen molar-refractivity contribution in [3.63, 3.8) is 0 Å². The maximum Gasteiger partial charge on any atom is 0.0444 e. The molecule has 2 bridgehead atoms. The highest BCUT2D eigenvalue weighted by Crippen LogP contribution is 2.44. The quantitative estimate of drug-likeness (QED) is 0.822. The van der Waals surface area contributed by atoms with E-state index in [1.165, 1.54) is 30.5 Å². The lowest BCUT2D eigenvalue weighted by Gasteiger charge is -2.36. The van der Waals surface area contributed by atoms with Crippen LogP contribution >= 0.6 is 0 Å². The molecule has 2 fully saturated rings. The summed E-state index contributed by atoms with van der Waals surface area (Å²) in [6.07, 6.45) is 4.10. The normalized spacial score (nSPS) is 32.4. The van der Waals surface area contributed by atoms with E-state index < -0.39 is 0 Å². The largest absolute Gasteiger partial charge is 0.364 e. The van der Waals surface area contributed by atoms with Crippen LogP contribution in [-0.2, 0) is 0 Å². The van der Waals surface area contributed by atoms with Gasteiger partial charge in [-0.05, 0) is 44.2 Å².